The van der Waals surface area contributed by atoms with Gasteiger partial charge in [-0.05, 0) is 42.8 Å². The number of thioether (sulfide) groups is 1. The van der Waals surface area contributed by atoms with Gasteiger partial charge in [0, 0.05) is 11.9 Å². The number of nitrogens with two attached hydrogens (primary N) is 1. The van der Waals surface area contributed by atoms with Gasteiger partial charge in [0.25, 0.3) is 0 Å². The molecule has 0 saturated heterocycles. The number of benzene rings is 1. The average Bonchev–Trinajstić information content (AvgIpc) is 2.53. The lowest BCUT2D eigenvalue weighted by molar-refractivity contribution is -0.115. The number of anilines is 1. The van der Waals surface area contributed by atoms with Crippen molar-refractivity contribution >= 4 is 33.4 Å². The van der Waals surface area contributed by atoms with Crippen molar-refractivity contribution in [3.05, 3.63) is 48.7 Å². The molecule has 1 heterocycles. The molecule has 2 aromatic rings. The summed E-state index contributed by atoms with van der Waals surface area (Å²) >= 11 is 1.38. The van der Waals surface area contributed by atoms with E-state index in [2.05, 4.69) is 10.3 Å². The normalized spacial score (nSPS) is 12.6. The Kier molecular flexibility index (Phi) is 5.75. The van der Waals surface area contributed by atoms with Gasteiger partial charge in [0.1, 0.15) is 0 Å². The Bertz CT molecular complexity index is 762. The Balaban J connectivity index is 2.04. The van der Waals surface area contributed by atoms with Gasteiger partial charge in [-0.2, -0.15) is 0 Å². The van der Waals surface area contributed by atoms with E-state index in [1.165, 1.54) is 36.0 Å². The van der Waals surface area contributed by atoms with Crippen molar-refractivity contribution in [2.24, 2.45) is 5.14 Å². The van der Waals surface area contributed by atoms with E-state index in [-0.39, 0.29) is 16.1 Å². The molecule has 122 valence electrons. The summed E-state index contributed by atoms with van der Waals surface area (Å²) in [7, 11) is -3.73. The molecule has 1 atom stereocenters. The van der Waals surface area contributed by atoms with Crippen LogP contribution in [0, 0.1) is 0 Å². The fourth-order valence-electron chi connectivity index (χ4n) is 1.84. The first kappa shape index (κ1) is 17.5. The summed E-state index contributed by atoms with van der Waals surface area (Å²) in [4.78, 5) is 16.5. The number of hydrogen-bond donors (Lipinski definition) is 2. The van der Waals surface area contributed by atoms with Crippen LogP contribution >= 0.6 is 11.8 Å². The minimum absolute atomic E-state index is 0.00500. The zero-order chi connectivity index (χ0) is 16.9. The minimum atomic E-state index is -3.73. The molecule has 6 nitrogen and oxygen atoms in total. The van der Waals surface area contributed by atoms with Crippen LogP contribution in [0.25, 0.3) is 0 Å². The number of sulfonamides is 1. The van der Waals surface area contributed by atoms with E-state index in [1.807, 2.05) is 25.1 Å². The summed E-state index contributed by atoms with van der Waals surface area (Å²) in [6.07, 6.45) is 2.32. The first-order chi connectivity index (χ1) is 10.9. The van der Waals surface area contributed by atoms with E-state index in [4.69, 9.17) is 5.14 Å². The number of aromatic nitrogens is 1. The molecule has 0 fully saturated rings. The summed E-state index contributed by atoms with van der Waals surface area (Å²) < 4.78 is 22.4. The number of hydrogen-bond acceptors (Lipinski definition) is 5. The van der Waals surface area contributed by atoms with Gasteiger partial charge < -0.3 is 5.32 Å². The number of primary sulfonamides is 1. The standard InChI is InChI=1S/C15H17N3O3S2/c1-2-13(22-14-5-3-4-10-17-14)15(19)18-11-6-8-12(9-7-11)23(16,20)21/h3-10,13H,2H2,1H3,(H,18,19)(H2,16,20,21). The Morgan fingerprint density at radius 3 is 2.48 bits per heavy atom. The number of nitrogens with zero attached hydrogens (tertiary/aromatic N) is 1. The summed E-state index contributed by atoms with van der Waals surface area (Å²) in [5, 5.41) is 8.29. The van der Waals surface area contributed by atoms with Crippen molar-refractivity contribution in [1.29, 1.82) is 0 Å². The second kappa shape index (κ2) is 7.58. The van der Waals surface area contributed by atoms with Crippen molar-refractivity contribution < 1.29 is 13.2 Å². The lowest BCUT2D eigenvalue weighted by Crippen LogP contribution is -2.24. The Labute approximate surface area is 139 Å². The van der Waals surface area contributed by atoms with Crippen molar-refractivity contribution in [1.82, 2.24) is 4.98 Å². The van der Waals surface area contributed by atoms with Crippen molar-refractivity contribution in [3.63, 3.8) is 0 Å². The van der Waals surface area contributed by atoms with Crippen LogP contribution in [0.4, 0.5) is 5.69 Å². The van der Waals surface area contributed by atoms with Gasteiger partial charge in [0.05, 0.1) is 15.2 Å². The van der Waals surface area contributed by atoms with E-state index >= 15 is 0 Å². The number of pyridine rings is 1. The molecule has 0 aliphatic rings. The monoisotopic (exact) mass is 351 g/mol. The number of rotatable bonds is 6. The van der Waals surface area contributed by atoms with Gasteiger partial charge in [-0.1, -0.05) is 24.8 Å². The molecule has 1 aromatic heterocycles. The maximum absolute atomic E-state index is 12.3. The number of nitrogens with one attached hydrogen (secondary N) is 1. The van der Waals surface area contributed by atoms with E-state index in [0.717, 1.165) is 5.03 Å². The first-order valence-corrected chi connectivity index (χ1v) is 9.34. The van der Waals surface area contributed by atoms with Crippen LogP contribution in [-0.4, -0.2) is 24.6 Å². The van der Waals surface area contributed by atoms with Gasteiger partial charge in [-0.25, -0.2) is 18.5 Å². The van der Waals surface area contributed by atoms with Crippen LogP contribution in [-0.2, 0) is 14.8 Å². The molecule has 0 aliphatic carbocycles. The van der Waals surface area contributed by atoms with Crippen LogP contribution in [0.2, 0.25) is 0 Å². The molecule has 1 amide bonds. The molecule has 0 bridgehead atoms. The number of amides is 1. The predicted octanol–water partition coefficient (Wildman–Crippen LogP) is 2.24. The molecule has 1 unspecified atom stereocenters. The third-order valence-corrected chi connectivity index (χ3v) is 5.26. The van der Waals surface area contributed by atoms with E-state index in [1.54, 1.807) is 6.20 Å². The molecule has 2 rings (SSSR count). The van der Waals surface area contributed by atoms with Gasteiger partial charge >= 0.3 is 0 Å². The highest BCUT2D eigenvalue weighted by atomic mass is 32.2. The van der Waals surface area contributed by atoms with Gasteiger partial charge in [-0.15, -0.1) is 0 Å². The SMILES string of the molecule is CCC(Sc1ccccn1)C(=O)Nc1ccc(S(N)(=O)=O)cc1. The molecule has 1 aromatic carbocycles. The van der Waals surface area contributed by atoms with Crippen molar-refractivity contribution in [2.45, 2.75) is 28.5 Å². The fraction of sp³-hybridized carbons (Fsp3) is 0.200. The topological polar surface area (TPSA) is 102 Å². The summed E-state index contributed by atoms with van der Waals surface area (Å²) in [6.45, 7) is 1.92. The lowest BCUT2D eigenvalue weighted by atomic mass is 10.3. The molecule has 8 heteroatoms. The second-order valence-electron chi connectivity index (χ2n) is 4.74. The summed E-state index contributed by atoms with van der Waals surface area (Å²) in [5.74, 6) is -0.161. The molecular formula is C15H17N3O3S2. The largest absolute Gasteiger partial charge is 0.325 e. The molecule has 3 N–H and O–H groups in total. The molecule has 23 heavy (non-hydrogen) atoms. The quantitative estimate of drug-likeness (QED) is 0.777. The Hall–Kier alpha value is -1.90. The average molecular weight is 351 g/mol. The van der Waals surface area contributed by atoms with Crippen LogP contribution in [0.5, 0.6) is 0 Å². The van der Waals surface area contributed by atoms with Crippen LogP contribution < -0.4 is 10.5 Å². The highest BCUT2D eigenvalue weighted by Crippen LogP contribution is 2.24. The maximum atomic E-state index is 12.3. The van der Waals surface area contributed by atoms with Crippen molar-refractivity contribution in [2.75, 3.05) is 5.32 Å². The van der Waals surface area contributed by atoms with Gasteiger partial charge in [-0.3, -0.25) is 4.79 Å². The lowest BCUT2D eigenvalue weighted by Gasteiger charge is -2.14. The van der Waals surface area contributed by atoms with Crippen LogP contribution in [0.1, 0.15) is 13.3 Å². The molecule has 0 spiro atoms. The highest BCUT2D eigenvalue weighted by Gasteiger charge is 2.18. The zero-order valence-corrected chi connectivity index (χ0v) is 14.1. The van der Waals surface area contributed by atoms with Gasteiger partial charge in [0.15, 0.2) is 0 Å². The van der Waals surface area contributed by atoms with E-state index < -0.39 is 10.0 Å². The molecule has 0 radical (unpaired) electrons. The third-order valence-electron chi connectivity index (χ3n) is 3.01. The Morgan fingerprint density at radius 2 is 1.96 bits per heavy atom. The number of carbonyl (C=O) groups excluding carboxylic acids is 1. The fourth-order valence-corrected chi connectivity index (χ4v) is 3.25. The summed E-state index contributed by atoms with van der Waals surface area (Å²) in [5.41, 5.74) is 0.516. The maximum Gasteiger partial charge on any atom is 0.238 e. The summed E-state index contributed by atoms with van der Waals surface area (Å²) in [6, 6.07) is 11.3. The Morgan fingerprint density at radius 1 is 1.26 bits per heavy atom. The number of carbonyl (C=O) groups is 1. The van der Waals surface area contributed by atoms with E-state index in [9.17, 15) is 13.2 Å². The molecular weight excluding hydrogens is 334 g/mol. The van der Waals surface area contributed by atoms with Crippen molar-refractivity contribution in [3.8, 4) is 0 Å². The third kappa shape index (κ3) is 5.05. The smallest absolute Gasteiger partial charge is 0.238 e. The van der Waals surface area contributed by atoms with Crippen LogP contribution in [0.3, 0.4) is 0 Å². The highest BCUT2D eigenvalue weighted by molar-refractivity contribution is 8.00. The van der Waals surface area contributed by atoms with Crippen LogP contribution in [0.15, 0.2) is 58.6 Å². The van der Waals surface area contributed by atoms with E-state index in [0.29, 0.717) is 12.1 Å². The minimum Gasteiger partial charge on any atom is -0.325 e. The predicted molar refractivity (Wildman–Crippen MR) is 90.6 cm³/mol. The molecule has 0 saturated carbocycles. The zero-order valence-electron chi connectivity index (χ0n) is 12.5. The van der Waals surface area contributed by atoms with Gasteiger partial charge in [0.2, 0.25) is 15.9 Å². The molecule has 0 aliphatic heterocycles. The second-order valence-corrected chi connectivity index (χ2v) is 7.53. The first-order valence-electron chi connectivity index (χ1n) is 6.91.